The number of halogens is 4. The lowest BCUT2D eigenvalue weighted by Crippen LogP contribution is -1.94. The summed E-state index contributed by atoms with van der Waals surface area (Å²) in [7, 11) is 0. The van der Waals surface area contributed by atoms with E-state index in [-0.39, 0.29) is 15.8 Å². The Morgan fingerprint density at radius 1 is 1.00 bits per heavy atom. The van der Waals surface area contributed by atoms with Crippen LogP contribution in [0.2, 0.25) is 0 Å². The molecule has 0 heterocycles. The van der Waals surface area contributed by atoms with Crippen LogP contribution in [0.1, 0.15) is 5.56 Å². The molecule has 0 aromatic heterocycles. The molecule has 0 bridgehead atoms. The molecule has 2 rings (SSSR count). The van der Waals surface area contributed by atoms with Crippen LogP contribution in [-0.2, 0) is 0 Å². The summed E-state index contributed by atoms with van der Waals surface area (Å²) in [4.78, 5) is 0. The van der Waals surface area contributed by atoms with Crippen molar-refractivity contribution in [2.45, 2.75) is 0 Å². The summed E-state index contributed by atoms with van der Waals surface area (Å²) in [5, 5.41) is 8.56. The minimum absolute atomic E-state index is 0.0526. The van der Waals surface area contributed by atoms with Crippen LogP contribution < -0.4 is 4.74 Å². The number of ether oxygens (including phenoxy) is 1. The van der Waals surface area contributed by atoms with Gasteiger partial charge in [0.2, 0.25) is 0 Å². The Hall–Kier alpha value is -2.00. The fourth-order valence-electron chi connectivity index (χ4n) is 1.38. The van der Waals surface area contributed by atoms with Gasteiger partial charge in [-0.15, -0.1) is 0 Å². The van der Waals surface area contributed by atoms with Crippen LogP contribution in [0.3, 0.4) is 0 Å². The molecule has 0 unspecified atom stereocenters. The van der Waals surface area contributed by atoms with E-state index < -0.39 is 23.2 Å². The molecule has 2 nitrogen and oxygen atoms in total. The molecule has 0 saturated heterocycles. The monoisotopic (exact) mass is 327 g/mol. The van der Waals surface area contributed by atoms with Crippen LogP contribution in [0, 0.1) is 28.8 Å². The van der Waals surface area contributed by atoms with Crippen molar-refractivity contribution in [3.8, 4) is 17.6 Å². The van der Waals surface area contributed by atoms with E-state index in [4.69, 9.17) is 10.00 Å². The highest BCUT2D eigenvalue weighted by Crippen LogP contribution is 2.30. The van der Waals surface area contributed by atoms with Gasteiger partial charge in [0.25, 0.3) is 0 Å². The van der Waals surface area contributed by atoms with Crippen LogP contribution in [0.4, 0.5) is 13.2 Å². The van der Waals surface area contributed by atoms with E-state index in [0.717, 1.165) is 18.2 Å². The standard InChI is InChI=1S/C13H5BrF3NO/c14-9-2-1-8(5-10(9)15)19-13-11(16)3-7(6-18)4-12(13)17/h1-5H. The van der Waals surface area contributed by atoms with Gasteiger partial charge in [-0.2, -0.15) is 5.26 Å². The average Bonchev–Trinajstić information content (AvgIpc) is 2.37. The summed E-state index contributed by atoms with van der Waals surface area (Å²) in [5.41, 5.74) is -0.163. The Morgan fingerprint density at radius 2 is 1.63 bits per heavy atom. The Kier molecular flexibility index (Phi) is 3.76. The maximum atomic E-state index is 13.5. The van der Waals surface area contributed by atoms with Gasteiger partial charge in [0.1, 0.15) is 11.6 Å². The third kappa shape index (κ3) is 2.88. The van der Waals surface area contributed by atoms with Crippen molar-refractivity contribution >= 4 is 15.9 Å². The van der Waals surface area contributed by atoms with E-state index in [1.807, 2.05) is 0 Å². The average molecular weight is 328 g/mol. The first-order valence-electron chi connectivity index (χ1n) is 5.03. The lowest BCUT2D eigenvalue weighted by molar-refractivity contribution is 0.404. The SMILES string of the molecule is N#Cc1cc(F)c(Oc2ccc(Br)c(F)c2)c(F)c1. The third-order valence-corrected chi connectivity index (χ3v) is 2.88. The highest BCUT2D eigenvalue weighted by molar-refractivity contribution is 9.10. The highest BCUT2D eigenvalue weighted by Gasteiger charge is 2.14. The van der Waals surface area contributed by atoms with E-state index in [9.17, 15) is 13.2 Å². The first-order chi connectivity index (χ1) is 9.01. The van der Waals surface area contributed by atoms with E-state index >= 15 is 0 Å². The molecular formula is C13H5BrF3NO. The van der Waals surface area contributed by atoms with Crippen molar-refractivity contribution in [1.29, 1.82) is 5.26 Å². The minimum atomic E-state index is -1.03. The van der Waals surface area contributed by atoms with Gasteiger partial charge >= 0.3 is 0 Å². The molecule has 0 amide bonds. The summed E-state index contributed by atoms with van der Waals surface area (Å²) in [6.07, 6.45) is 0. The number of nitriles is 1. The number of benzene rings is 2. The predicted octanol–water partition coefficient (Wildman–Crippen LogP) is 4.53. The molecule has 0 spiro atoms. The van der Waals surface area contributed by atoms with Crippen LogP contribution >= 0.6 is 15.9 Å². The van der Waals surface area contributed by atoms with E-state index in [1.165, 1.54) is 12.1 Å². The molecular weight excluding hydrogens is 323 g/mol. The summed E-state index contributed by atoms with van der Waals surface area (Å²) >= 11 is 2.95. The van der Waals surface area contributed by atoms with Gasteiger partial charge in [0.05, 0.1) is 16.1 Å². The van der Waals surface area contributed by atoms with E-state index in [1.54, 1.807) is 6.07 Å². The number of nitrogens with zero attached hydrogens (tertiary/aromatic N) is 1. The van der Waals surface area contributed by atoms with Gasteiger partial charge in [-0.3, -0.25) is 0 Å². The van der Waals surface area contributed by atoms with Gasteiger partial charge in [-0.1, -0.05) is 0 Å². The molecule has 6 heteroatoms. The van der Waals surface area contributed by atoms with Crippen molar-refractivity contribution in [3.05, 3.63) is 57.8 Å². The summed E-state index contributed by atoms with van der Waals surface area (Å²) in [5.74, 6) is -3.41. The fraction of sp³-hybridized carbons (Fsp3) is 0. The lowest BCUT2D eigenvalue weighted by atomic mass is 10.2. The van der Waals surface area contributed by atoms with Crippen LogP contribution in [-0.4, -0.2) is 0 Å². The molecule has 0 aliphatic rings. The minimum Gasteiger partial charge on any atom is -0.451 e. The third-order valence-electron chi connectivity index (χ3n) is 2.24. The van der Waals surface area contributed by atoms with E-state index in [0.29, 0.717) is 0 Å². The van der Waals surface area contributed by atoms with Gasteiger partial charge in [-0.25, -0.2) is 13.2 Å². The molecule has 2 aromatic carbocycles. The summed E-state index contributed by atoms with van der Waals surface area (Å²) < 4.78 is 45.5. The number of hydrogen-bond acceptors (Lipinski definition) is 2. The second-order valence-corrected chi connectivity index (χ2v) is 4.41. The Labute approximate surface area is 115 Å². The van der Waals surface area contributed by atoms with Gasteiger partial charge in [-0.05, 0) is 40.2 Å². The maximum Gasteiger partial charge on any atom is 0.198 e. The highest BCUT2D eigenvalue weighted by atomic mass is 79.9. The first-order valence-corrected chi connectivity index (χ1v) is 5.82. The topological polar surface area (TPSA) is 33.0 Å². The molecule has 0 fully saturated rings. The van der Waals surface area contributed by atoms with Crippen LogP contribution in [0.5, 0.6) is 11.5 Å². The van der Waals surface area contributed by atoms with E-state index in [2.05, 4.69) is 15.9 Å². The zero-order valence-corrected chi connectivity index (χ0v) is 10.8. The smallest absolute Gasteiger partial charge is 0.198 e. The molecule has 0 N–H and O–H groups in total. The quantitative estimate of drug-likeness (QED) is 0.811. The number of hydrogen-bond donors (Lipinski definition) is 0. The zero-order valence-electron chi connectivity index (χ0n) is 9.25. The maximum absolute atomic E-state index is 13.5. The first kappa shape index (κ1) is 13.4. The Balaban J connectivity index is 2.38. The molecule has 0 aliphatic carbocycles. The molecule has 2 aromatic rings. The normalized spacial score (nSPS) is 10.1. The van der Waals surface area contributed by atoms with Crippen LogP contribution in [0.15, 0.2) is 34.8 Å². The largest absolute Gasteiger partial charge is 0.451 e. The Morgan fingerprint density at radius 3 is 2.16 bits per heavy atom. The van der Waals surface area contributed by atoms with Crippen molar-refractivity contribution in [1.82, 2.24) is 0 Å². The predicted molar refractivity (Wildman–Crippen MR) is 65.2 cm³/mol. The molecule has 96 valence electrons. The summed E-state index contributed by atoms with van der Waals surface area (Å²) in [6, 6.07) is 6.99. The molecule has 0 radical (unpaired) electrons. The number of rotatable bonds is 2. The van der Waals surface area contributed by atoms with Crippen molar-refractivity contribution < 1.29 is 17.9 Å². The van der Waals surface area contributed by atoms with Crippen molar-refractivity contribution in [2.24, 2.45) is 0 Å². The zero-order chi connectivity index (χ0) is 14.0. The lowest BCUT2D eigenvalue weighted by Gasteiger charge is -2.08. The summed E-state index contributed by atoms with van der Waals surface area (Å²) in [6.45, 7) is 0. The molecule has 19 heavy (non-hydrogen) atoms. The van der Waals surface area contributed by atoms with Gasteiger partial charge < -0.3 is 4.74 Å². The van der Waals surface area contributed by atoms with Crippen molar-refractivity contribution in [3.63, 3.8) is 0 Å². The fourth-order valence-corrected chi connectivity index (χ4v) is 1.63. The second kappa shape index (κ2) is 5.33. The van der Waals surface area contributed by atoms with Gasteiger partial charge in [0.15, 0.2) is 17.4 Å². The second-order valence-electron chi connectivity index (χ2n) is 3.56. The molecule has 0 aliphatic heterocycles. The molecule has 0 atom stereocenters. The van der Waals surface area contributed by atoms with Crippen molar-refractivity contribution in [2.75, 3.05) is 0 Å². The Bertz CT molecular complexity index is 659. The molecule has 0 saturated carbocycles. The van der Waals surface area contributed by atoms with Crippen LogP contribution in [0.25, 0.3) is 0 Å². The van der Waals surface area contributed by atoms with Gasteiger partial charge in [0, 0.05) is 6.07 Å².